The highest BCUT2D eigenvalue weighted by Gasteiger charge is 2.16. The number of ether oxygens (including phenoxy) is 2. The highest BCUT2D eigenvalue weighted by molar-refractivity contribution is 5.77. The van der Waals surface area contributed by atoms with Gasteiger partial charge in [-0.3, -0.25) is 9.89 Å². The second kappa shape index (κ2) is 8.90. The Hall–Kier alpha value is -1.40. The number of hydrogen-bond donors (Lipinski definition) is 1. The minimum Gasteiger partial charge on any atom is -0.376 e. The molecule has 6 heteroatoms. The van der Waals surface area contributed by atoms with E-state index in [0.29, 0.717) is 13.2 Å². The van der Waals surface area contributed by atoms with Gasteiger partial charge in [0.1, 0.15) is 6.61 Å². The third-order valence-corrected chi connectivity index (χ3v) is 3.83. The molecule has 2 rings (SSSR count). The molecular formula is C16H27N3O3. The summed E-state index contributed by atoms with van der Waals surface area (Å²) in [5.74, 6) is -0.0255. The number of rotatable bonds is 8. The summed E-state index contributed by atoms with van der Waals surface area (Å²) in [7, 11) is 1.78. The molecule has 124 valence electrons. The first-order chi connectivity index (χ1) is 10.7. The summed E-state index contributed by atoms with van der Waals surface area (Å²) >= 11 is 0. The third-order valence-electron chi connectivity index (χ3n) is 3.83. The predicted octanol–water partition coefficient (Wildman–Crippen LogP) is 1.91. The molecule has 2 heterocycles. The van der Waals surface area contributed by atoms with Crippen LogP contribution in [0.4, 0.5) is 0 Å². The number of H-pyrrole nitrogens is 1. The number of amides is 1. The maximum atomic E-state index is 12.0. The molecule has 1 N–H and O–H groups in total. The molecule has 1 saturated heterocycles. The van der Waals surface area contributed by atoms with Crippen molar-refractivity contribution in [1.29, 1.82) is 0 Å². The van der Waals surface area contributed by atoms with Gasteiger partial charge in [0.2, 0.25) is 5.91 Å². The first kappa shape index (κ1) is 17.0. The highest BCUT2D eigenvalue weighted by atomic mass is 16.5. The average molecular weight is 309 g/mol. The van der Waals surface area contributed by atoms with Crippen LogP contribution in [0.1, 0.15) is 44.0 Å². The van der Waals surface area contributed by atoms with E-state index in [-0.39, 0.29) is 18.6 Å². The van der Waals surface area contributed by atoms with Gasteiger partial charge in [0.25, 0.3) is 0 Å². The molecule has 1 aromatic heterocycles. The number of carbonyl (C=O) groups excluding carboxylic acids is 1. The van der Waals surface area contributed by atoms with Gasteiger partial charge in [0, 0.05) is 13.7 Å². The summed E-state index contributed by atoms with van der Waals surface area (Å²) in [4.78, 5) is 13.7. The SMILES string of the molecule is CCCc1cc(CN(C)C(=O)COCC2CCCCO2)[nH]n1. The van der Waals surface area contributed by atoms with Crippen LogP contribution in [0.25, 0.3) is 0 Å². The fourth-order valence-corrected chi connectivity index (χ4v) is 2.54. The third kappa shape index (κ3) is 5.42. The Balaban J connectivity index is 1.67. The molecule has 22 heavy (non-hydrogen) atoms. The normalized spacial score (nSPS) is 18.4. The van der Waals surface area contributed by atoms with E-state index in [0.717, 1.165) is 43.7 Å². The van der Waals surface area contributed by atoms with Gasteiger partial charge in [0.15, 0.2) is 0 Å². The Morgan fingerprint density at radius 1 is 1.55 bits per heavy atom. The number of carbonyl (C=O) groups is 1. The first-order valence-corrected chi connectivity index (χ1v) is 8.15. The predicted molar refractivity (Wildman–Crippen MR) is 83.5 cm³/mol. The van der Waals surface area contributed by atoms with Gasteiger partial charge in [-0.25, -0.2) is 0 Å². The lowest BCUT2D eigenvalue weighted by Gasteiger charge is -2.23. The smallest absolute Gasteiger partial charge is 0.248 e. The van der Waals surface area contributed by atoms with Crippen molar-refractivity contribution in [3.63, 3.8) is 0 Å². The van der Waals surface area contributed by atoms with Gasteiger partial charge in [-0.2, -0.15) is 5.10 Å². The van der Waals surface area contributed by atoms with Crippen LogP contribution in [-0.2, 0) is 27.2 Å². The molecule has 0 aliphatic carbocycles. The summed E-state index contributed by atoms with van der Waals surface area (Å²) in [5.41, 5.74) is 2.00. The molecule has 1 fully saturated rings. The number of nitrogens with one attached hydrogen (secondary N) is 1. The van der Waals surface area contributed by atoms with Crippen LogP contribution in [0.5, 0.6) is 0 Å². The number of aromatic amines is 1. The van der Waals surface area contributed by atoms with Crippen molar-refractivity contribution in [2.45, 2.75) is 51.7 Å². The summed E-state index contributed by atoms with van der Waals surface area (Å²) in [6.07, 6.45) is 5.51. The van der Waals surface area contributed by atoms with Crippen molar-refractivity contribution in [2.24, 2.45) is 0 Å². The van der Waals surface area contributed by atoms with Crippen molar-refractivity contribution in [1.82, 2.24) is 15.1 Å². The maximum Gasteiger partial charge on any atom is 0.248 e. The molecule has 1 unspecified atom stereocenters. The number of hydrogen-bond acceptors (Lipinski definition) is 4. The maximum absolute atomic E-state index is 12.0. The molecule has 1 atom stereocenters. The van der Waals surface area contributed by atoms with Crippen molar-refractivity contribution in [3.8, 4) is 0 Å². The van der Waals surface area contributed by atoms with Gasteiger partial charge in [0.05, 0.1) is 30.6 Å². The summed E-state index contributed by atoms with van der Waals surface area (Å²) in [5, 5.41) is 7.21. The molecule has 0 aromatic carbocycles. The van der Waals surface area contributed by atoms with E-state index in [1.165, 1.54) is 6.42 Å². The second-order valence-corrected chi connectivity index (χ2v) is 5.89. The van der Waals surface area contributed by atoms with E-state index in [1.807, 2.05) is 6.07 Å². The number of nitrogens with zero attached hydrogens (tertiary/aromatic N) is 2. The summed E-state index contributed by atoms with van der Waals surface area (Å²) in [6, 6.07) is 2.02. The molecular weight excluding hydrogens is 282 g/mol. The lowest BCUT2D eigenvalue weighted by molar-refractivity contribution is -0.137. The van der Waals surface area contributed by atoms with Crippen LogP contribution in [0.15, 0.2) is 6.07 Å². The molecule has 0 spiro atoms. The Morgan fingerprint density at radius 3 is 3.14 bits per heavy atom. The Bertz CT molecular complexity index is 455. The molecule has 1 aliphatic rings. The minimum absolute atomic E-state index is 0.0255. The van der Waals surface area contributed by atoms with E-state index in [1.54, 1.807) is 11.9 Å². The van der Waals surface area contributed by atoms with Crippen LogP contribution < -0.4 is 0 Å². The van der Waals surface area contributed by atoms with Crippen molar-refractivity contribution in [2.75, 3.05) is 26.9 Å². The van der Waals surface area contributed by atoms with E-state index in [4.69, 9.17) is 9.47 Å². The Kier molecular flexibility index (Phi) is 6.86. The zero-order valence-corrected chi connectivity index (χ0v) is 13.6. The monoisotopic (exact) mass is 309 g/mol. The van der Waals surface area contributed by atoms with Gasteiger partial charge >= 0.3 is 0 Å². The Morgan fingerprint density at radius 2 is 2.41 bits per heavy atom. The van der Waals surface area contributed by atoms with Crippen LogP contribution in [0, 0.1) is 0 Å². The quantitative estimate of drug-likeness (QED) is 0.796. The van der Waals surface area contributed by atoms with Crippen molar-refractivity contribution < 1.29 is 14.3 Å². The van der Waals surface area contributed by atoms with E-state index in [2.05, 4.69) is 17.1 Å². The van der Waals surface area contributed by atoms with E-state index < -0.39 is 0 Å². The lowest BCUT2D eigenvalue weighted by Crippen LogP contribution is -2.32. The number of likely N-dealkylation sites (N-methyl/N-ethyl adjacent to an activating group) is 1. The molecule has 6 nitrogen and oxygen atoms in total. The fourth-order valence-electron chi connectivity index (χ4n) is 2.54. The molecule has 0 saturated carbocycles. The lowest BCUT2D eigenvalue weighted by atomic mass is 10.1. The molecule has 1 aliphatic heterocycles. The van der Waals surface area contributed by atoms with Gasteiger partial charge in [-0.15, -0.1) is 0 Å². The number of aromatic nitrogens is 2. The molecule has 1 aromatic rings. The Labute approximate surface area is 132 Å². The van der Waals surface area contributed by atoms with Crippen LogP contribution in [0.3, 0.4) is 0 Å². The van der Waals surface area contributed by atoms with Crippen molar-refractivity contribution in [3.05, 3.63) is 17.5 Å². The minimum atomic E-state index is -0.0255. The van der Waals surface area contributed by atoms with E-state index >= 15 is 0 Å². The zero-order valence-electron chi connectivity index (χ0n) is 13.6. The highest BCUT2D eigenvalue weighted by Crippen LogP contribution is 2.12. The number of aryl methyl sites for hydroxylation is 1. The topological polar surface area (TPSA) is 67.5 Å². The molecule has 0 radical (unpaired) electrons. The summed E-state index contributed by atoms with van der Waals surface area (Å²) in [6.45, 7) is 4.06. The van der Waals surface area contributed by atoms with E-state index in [9.17, 15) is 4.79 Å². The molecule has 0 bridgehead atoms. The second-order valence-electron chi connectivity index (χ2n) is 5.89. The van der Waals surface area contributed by atoms with Gasteiger partial charge < -0.3 is 14.4 Å². The summed E-state index contributed by atoms with van der Waals surface area (Å²) < 4.78 is 11.1. The van der Waals surface area contributed by atoms with Gasteiger partial charge in [-0.05, 0) is 31.7 Å². The fraction of sp³-hybridized carbons (Fsp3) is 0.750. The van der Waals surface area contributed by atoms with Crippen LogP contribution >= 0.6 is 0 Å². The van der Waals surface area contributed by atoms with Gasteiger partial charge in [-0.1, -0.05) is 13.3 Å². The van der Waals surface area contributed by atoms with Crippen molar-refractivity contribution >= 4 is 5.91 Å². The average Bonchev–Trinajstić information content (AvgIpc) is 2.96. The largest absolute Gasteiger partial charge is 0.376 e. The first-order valence-electron chi connectivity index (χ1n) is 8.15. The van der Waals surface area contributed by atoms with Crippen LogP contribution in [0.2, 0.25) is 0 Å². The van der Waals surface area contributed by atoms with Crippen LogP contribution in [-0.4, -0.2) is 54.0 Å². The standard InChI is InChI=1S/C16H27N3O3/c1-3-6-13-9-14(18-17-13)10-19(2)16(20)12-21-11-15-7-4-5-8-22-15/h9,15H,3-8,10-12H2,1-2H3,(H,17,18). The zero-order chi connectivity index (χ0) is 15.8. The molecule has 1 amide bonds.